The molecule has 7 heteroatoms. The molecule has 1 amide bonds. The predicted molar refractivity (Wildman–Crippen MR) is 104 cm³/mol. The molecular formula is C19H16Cl2N4O. The Kier molecular flexibility index (Phi) is 5.71. The summed E-state index contributed by atoms with van der Waals surface area (Å²) in [5.74, 6) is 0.256. The first-order valence-corrected chi connectivity index (χ1v) is 8.65. The number of benzene rings is 2. The standard InChI is InChI=1S/C19H16Cl2N4O/c1-12-8-15(21)6-7-16(12)25-18-11-22-17(10-23-18)19(26)24-9-13-2-4-14(20)5-3-13/h2-8,10-11H,9H2,1H3,(H,23,25)(H,24,26). The van der Waals surface area contributed by atoms with Crippen LogP contribution in [-0.4, -0.2) is 15.9 Å². The highest BCUT2D eigenvalue weighted by atomic mass is 35.5. The van der Waals surface area contributed by atoms with Crippen molar-refractivity contribution < 1.29 is 4.79 Å². The monoisotopic (exact) mass is 386 g/mol. The number of hydrogen-bond donors (Lipinski definition) is 2. The van der Waals surface area contributed by atoms with Crippen LogP contribution in [0, 0.1) is 6.92 Å². The van der Waals surface area contributed by atoms with Gasteiger partial charge < -0.3 is 10.6 Å². The number of hydrogen-bond acceptors (Lipinski definition) is 4. The van der Waals surface area contributed by atoms with E-state index in [1.807, 2.05) is 31.2 Å². The Morgan fingerprint density at radius 3 is 2.38 bits per heavy atom. The van der Waals surface area contributed by atoms with Crippen LogP contribution in [0.4, 0.5) is 11.5 Å². The van der Waals surface area contributed by atoms with Gasteiger partial charge in [-0.2, -0.15) is 0 Å². The van der Waals surface area contributed by atoms with Gasteiger partial charge in [-0.15, -0.1) is 0 Å². The minimum Gasteiger partial charge on any atom is -0.347 e. The zero-order valence-corrected chi connectivity index (χ0v) is 15.5. The van der Waals surface area contributed by atoms with Gasteiger partial charge in [0, 0.05) is 22.3 Å². The maximum absolute atomic E-state index is 12.2. The fraction of sp³-hybridized carbons (Fsp3) is 0.105. The van der Waals surface area contributed by atoms with Crippen molar-refractivity contribution in [1.82, 2.24) is 15.3 Å². The second-order valence-corrected chi connectivity index (χ2v) is 6.55. The van der Waals surface area contributed by atoms with Crippen LogP contribution in [0.3, 0.4) is 0 Å². The van der Waals surface area contributed by atoms with E-state index in [9.17, 15) is 4.79 Å². The normalized spacial score (nSPS) is 10.4. The van der Waals surface area contributed by atoms with Crippen LogP contribution in [0.15, 0.2) is 54.9 Å². The molecule has 1 aromatic heterocycles. The van der Waals surface area contributed by atoms with Crippen molar-refractivity contribution in [2.75, 3.05) is 5.32 Å². The summed E-state index contributed by atoms with van der Waals surface area (Å²) in [5, 5.41) is 7.28. The third-order valence-electron chi connectivity index (χ3n) is 3.70. The quantitative estimate of drug-likeness (QED) is 0.662. The molecule has 0 spiro atoms. The van der Waals surface area contributed by atoms with Crippen LogP contribution in [0.5, 0.6) is 0 Å². The summed E-state index contributed by atoms with van der Waals surface area (Å²) < 4.78 is 0. The number of anilines is 2. The Labute approximate surface area is 161 Å². The van der Waals surface area contributed by atoms with Gasteiger partial charge in [0.25, 0.3) is 5.91 Å². The topological polar surface area (TPSA) is 66.9 Å². The zero-order valence-electron chi connectivity index (χ0n) is 14.0. The van der Waals surface area contributed by atoms with E-state index in [0.717, 1.165) is 16.8 Å². The molecular weight excluding hydrogens is 371 g/mol. The van der Waals surface area contributed by atoms with Crippen molar-refractivity contribution in [3.05, 3.63) is 81.7 Å². The average molecular weight is 387 g/mol. The number of aromatic nitrogens is 2. The van der Waals surface area contributed by atoms with Gasteiger partial charge in [-0.25, -0.2) is 9.97 Å². The molecule has 3 aromatic rings. The molecule has 0 unspecified atom stereocenters. The highest BCUT2D eigenvalue weighted by molar-refractivity contribution is 6.30. The van der Waals surface area contributed by atoms with Crippen molar-refractivity contribution in [2.45, 2.75) is 13.5 Å². The average Bonchev–Trinajstić information content (AvgIpc) is 2.64. The molecule has 132 valence electrons. The molecule has 2 aromatic carbocycles. The minimum atomic E-state index is -0.290. The summed E-state index contributed by atoms with van der Waals surface area (Å²) in [6.45, 7) is 2.34. The lowest BCUT2D eigenvalue weighted by Crippen LogP contribution is -2.24. The molecule has 0 aliphatic carbocycles. The molecule has 0 aliphatic rings. The third kappa shape index (κ3) is 4.71. The molecule has 0 aliphatic heterocycles. The summed E-state index contributed by atoms with van der Waals surface area (Å²) in [7, 11) is 0. The van der Waals surface area contributed by atoms with Gasteiger partial charge in [0.1, 0.15) is 11.5 Å². The number of halogens is 2. The summed E-state index contributed by atoms with van der Waals surface area (Å²) in [6.07, 6.45) is 2.95. The fourth-order valence-corrected chi connectivity index (χ4v) is 2.64. The Morgan fingerprint density at radius 1 is 1.00 bits per heavy atom. The van der Waals surface area contributed by atoms with E-state index in [2.05, 4.69) is 20.6 Å². The van der Waals surface area contributed by atoms with E-state index in [0.29, 0.717) is 22.4 Å². The van der Waals surface area contributed by atoms with Gasteiger partial charge in [-0.1, -0.05) is 35.3 Å². The van der Waals surface area contributed by atoms with E-state index >= 15 is 0 Å². The van der Waals surface area contributed by atoms with E-state index < -0.39 is 0 Å². The van der Waals surface area contributed by atoms with Crippen LogP contribution in [-0.2, 0) is 6.54 Å². The molecule has 0 atom stereocenters. The third-order valence-corrected chi connectivity index (χ3v) is 4.19. The van der Waals surface area contributed by atoms with Crippen LogP contribution >= 0.6 is 23.2 Å². The summed E-state index contributed by atoms with van der Waals surface area (Å²) in [4.78, 5) is 20.6. The van der Waals surface area contributed by atoms with E-state index in [1.54, 1.807) is 18.2 Å². The van der Waals surface area contributed by atoms with Gasteiger partial charge in [0.15, 0.2) is 0 Å². The summed E-state index contributed by atoms with van der Waals surface area (Å²) >= 11 is 11.8. The van der Waals surface area contributed by atoms with Gasteiger partial charge >= 0.3 is 0 Å². The molecule has 0 bridgehead atoms. The van der Waals surface area contributed by atoms with Crippen LogP contribution in [0.2, 0.25) is 10.0 Å². The smallest absolute Gasteiger partial charge is 0.271 e. The maximum Gasteiger partial charge on any atom is 0.271 e. The molecule has 5 nitrogen and oxygen atoms in total. The first-order valence-electron chi connectivity index (χ1n) is 7.89. The lowest BCUT2D eigenvalue weighted by atomic mass is 10.2. The second kappa shape index (κ2) is 8.17. The van der Waals surface area contributed by atoms with Gasteiger partial charge in [0.2, 0.25) is 0 Å². The Hall–Kier alpha value is -2.63. The number of nitrogens with one attached hydrogen (secondary N) is 2. The Bertz CT molecular complexity index is 912. The van der Waals surface area contributed by atoms with Crippen molar-refractivity contribution in [1.29, 1.82) is 0 Å². The van der Waals surface area contributed by atoms with E-state index in [-0.39, 0.29) is 11.6 Å². The molecule has 0 saturated carbocycles. The molecule has 0 fully saturated rings. The number of amides is 1. The first kappa shape index (κ1) is 18.2. The van der Waals surface area contributed by atoms with Crippen molar-refractivity contribution >= 4 is 40.6 Å². The Morgan fingerprint density at radius 2 is 1.73 bits per heavy atom. The zero-order chi connectivity index (χ0) is 18.5. The van der Waals surface area contributed by atoms with E-state index in [4.69, 9.17) is 23.2 Å². The number of aryl methyl sites for hydroxylation is 1. The molecule has 0 saturated heterocycles. The number of carbonyl (C=O) groups is 1. The number of nitrogens with zero attached hydrogens (tertiary/aromatic N) is 2. The van der Waals surface area contributed by atoms with Crippen LogP contribution in [0.25, 0.3) is 0 Å². The van der Waals surface area contributed by atoms with Crippen molar-refractivity contribution in [2.24, 2.45) is 0 Å². The SMILES string of the molecule is Cc1cc(Cl)ccc1Nc1cnc(C(=O)NCc2ccc(Cl)cc2)cn1. The first-order chi connectivity index (χ1) is 12.5. The highest BCUT2D eigenvalue weighted by Crippen LogP contribution is 2.22. The predicted octanol–water partition coefficient (Wildman–Crippen LogP) is 4.77. The minimum absolute atomic E-state index is 0.248. The molecule has 2 N–H and O–H groups in total. The lowest BCUT2D eigenvalue weighted by Gasteiger charge is -2.09. The Balaban J connectivity index is 1.61. The fourth-order valence-electron chi connectivity index (χ4n) is 2.29. The van der Waals surface area contributed by atoms with E-state index in [1.165, 1.54) is 12.4 Å². The lowest BCUT2D eigenvalue weighted by molar-refractivity contribution is 0.0945. The van der Waals surface area contributed by atoms with Crippen molar-refractivity contribution in [3.63, 3.8) is 0 Å². The van der Waals surface area contributed by atoms with Gasteiger partial charge in [-0.05, 0) is 48.4 Å². The molecule has 26 heavy (non-hydrogen) atoms. The van der Waals surface area contributed by atoms with Crippen LogP contribution < -0.4 is 10.6 Å². The van der Waals surface area contributed by atoms with Crippen LogP contribution in [0.1, 0.15) is 21.6 Å². The largest absolute Gasteiger partial charge is 0.347 e. The number of rotatable bonds is 5. The van der Waals surface area contributed by atoms with Gasteiger partial charge in [0.05, 0.1) is 12.4 Å². The maximum atomic E-state index is 12.2. The molecule has 3 rings (SSSR count). The second-order valence-electron chi connectivity index (χ2n) is 5.68. The summed E-state index contributed by atoms with van der Waals surface area (Å²) in [5.41, 5.74) is 3.07. The number of carbonyl (C=O) groups excluding carboxylic acids is 1. The highest BCUT2D eigenvalue weighted by Gasteiger charge is 2.08. The summed E-state index contributed by atoms with van der Waals surface area (Å²) in [6, 6.07) is 12.8. The van der Waals surface area contributed by atoms with Gasteiger partial charge in [-0.3, -0.25) is 4.79 Å². The molecule has 1 heterocycles. The van der Waals surface area contributed by atoms with Crippen molar-refractivity contribution in [3.8, 4) is 0 Å². The molecule has 0 radical (unpaired) electrons.